The lowest BCUT2D eigenvalue weighted by atomic mass is 9.96. The van der Waals surface area contributed by atoms with Crippen molar-refractivity contribution in [2.24, 2.45) is 0 Å². The molecule has 0 spiro atoms. The number of nitrogens with zero attached hydrogens (tertiary/aromatic N) is 6. The minimum atomic E-state index is -3.31. The Morgan fingerprint density at radius 2 is 1.90 bits per heavy atom. The molecule has 4 aromatic rings. The summed E-state index contributed by atoms with van der Waals surface area (Å²) < 4.78 is 29.5. The highest BCUT2D eigenvalue weighted by Crippen LogP contribution is 2.33. The summed E-state index contributed by atoms with van der Waals surface area (Å²) in [6, 6.07) is 10.5. The summed E-state index contributed by atoms with van der Waals surface area (Å²) >= 11 is 0. The third-order valence-corrected chi connectivity index (χ3v) is 6.60. The van der Waals surface area contributed by atoms with Crippen molar-refractivity contribution in [2.45, 2.75) is 23.7 Å². The maximum atomic E-state index is 12.0. The van der Waals surface area contributed by atoms with Crippen LogP contribution in [-0.4, -0.2) is 52.9 Å². The number of anilines is 1. The van der Waals surface area contributed by atoms with E-state index in [9.17, 15) is 8.42 Å². The highest BCUT2D eigenvalue weighted by Gasteiger charge is 2.27. The van der Waals surface area contributed by atoms with Crippen LogP contribution in [0.5, 0.6) is 0 Å². The molecule has 0 atom stereocenters. The first-order chi connectivity index (χ1) is 15.0. The fourth-order valence-electron chi connectivity index (χ4n) is 3.84. The molecule has 0 bridgehead atoms. The second kappa shape index (κ2) is 7.69. The van der Waals surface area contributed by atoms with Crippen LogP contribution in [0.3, 0.4) is 0 Å². The van der Waals surface area contributed by atoms with Crippen molar-refractivity contribution in [1.29, 1.82) is 0 Å². The third-order valence-electron chi connectivity index (χ3n) is 5.49. The van der Waals surface area contributed by atoms with Crippen molar-refractivity contribution in [1.82, 2.24) is 25.1 Å². The molecule has 0 aliphatic carbocycles. The van der Waals surface area contributed by atoms with Crippen LogP contribution in [-0.2, 0) is 9.84 Å². The Balaban J connectivity index is 1.36. The topological polar surface area (TPSA) is 115 Å². The Kier molecular flexibility index (Phi) is 4.85. The van der Waals surface area contributed by atoms with Gasteiger partial charge in [0.2, 0.25) is 11.7 Å². The fourth-order valence-corrected chi connectivity index (χ4v) is 4.49. The van der Waals surface area contributed by atoms with Crippen molar-refractivity contribution in [3.63, 3.8) is 0 Å². The van der Waals surface area contributed by atoms with Gasteiger partial charge in [-0.1, -0.05) is 11.2 Å². The van der Waals surface area contributed by atoms with Crippen LogP contribution in [0.25, 0.3) is 22.4 Å². The number of hydrogen-bond donors (Lipinski definition) is 0. The fraction of sp³-hybridized carbons (Fsp3) is 0.286. The molecule has 31 heavy (non-hydrogen) atoms. The molecule has 3 aromatic heterocycles. The van der Waals surface area contributed by atoms with Crippen LogP contribution in [0.2, 0.25) is 0 Å². The van der Waals surface area contributed by atoms with Crippen molar-refractivity contribution in [3.8, 4) is 11.5 Å². The molecule has 1 aliphatic rings. The maximum Gasteiger partial charge on any atom is 0.230 e. The Morgan fingerprint density at radius 1 is 1.06 bits per heavy atom. The molecule has 0 radical (unpaired) electrons. The SMILES string of the molecule is CS(=O)(=O)c1ccc2ncnc(N3CCC(c4nc(-c5ccccn5)no4)CC3)c2c1. The lowest BCUT2D eigenvalue weighted by Gasteiger charge is -2.31. The van der Waals surface area contributed by atoms with Gasteiger partial charge in [-0.05, 0) is 43.2 Å². The number of hydrogen-bond acceptors (Lipinski definition) is 9. The summed E-state index contributed by atoms with van der Waals surface area (Å²) in [5, 5.41) is 4.81. The molecule has 1 aromatic carbocycles. The molecule has 0 amide bonds. The quantitative estimate of drug-likeness (QED) is 0.476. The van der Waals surface area contributed by atoms with Crippen molar-refractivity contribution in [3.05, 3.63) is 54.8 Å². The van der Waals surface area contributed by atoms with Gasteiger partial charge in [0, 0.05) is 36.8 Å². The van der Waals surface area contributed by atoms with E-state index in [0.717, 1.165) is 42.7 Å². The van der Waals surface area contributed by atoms with E-state index in [4.69, 9.17) is 4.52 Å². The molecule has 4 heterocycles. The Hall–Kier alpha value is -3.40. The van der Waals surface area contributed by atoms with Gasteiger partial charge in [0.25, 0.3) is 0 Å². The van der Waals surface area contributed by atoms with Crippen LogP contribution in [0.15, 0.2) is 58.3 Å². The second-order valence-corrected chi connectivity index (χ2v) is 9.60. The van der Waals surface area contributed by atoms with E-state index in [0.29, 0.717) is 17.4 Å². The molecule has 0 N–H and O–H groups in total. The molecule has 0 saturated carbocycles. The summed E-state index contributed by atoms with van der Waals surface area (Å²) in [6.45, 7) is 1.47. The monoisotopic (exact) mass is 436 g/mol. The first kappa shape index (κ1) is 19.6. The van der Waals surface area contributed by atoms with E-state index in [1.807, 2.05) is 18.2 Å². The summed E-state index contributed by atoms with van der Waals surface area (Å²) in [4.78, 5) is 20.0. The van der Waals surface area contributed by atoms with Gasteiger partial charge in [-0.3, -0.25) is 4.98 Å². The predicted molar refractivity (Wildman–Crippen MR) is 114 cm³/mol. The van der Waals surface area contributed by atoms with Gasteiger partial charge >= 0.3 is 0 Å². The van der Waals surface area contributed by atoms with Crippen LogP contribution in [0.4, 0.5) is 5.82 Å². The Labute approximate surface area is 179 Å². The van der Waals surface area contributed by atoms with Gasteiger partial charge in [0.15, 0.2) is 9.84 Å². The van der Waals surface area contributed by atoms with E-state index in [2.05, 4.69) is 30.0 Å². The number of pyridine rings is 1. The standard InChI is InChI=1S/C21H20N6O3S/c1-31(28,29)15-5-6-17-16(12-15)20(24-13-23-17)27-10-7-14(8-11-27)21-25-19(26-30-21)18-4-2-3-9-22-18/h2-6,9,12-14H,7-8,10-11H2,1H3. The molecule has 1 aliphatic heterocycles. The molecule has 1 saturated heterocycles. The highest BCUT2D eigenvalue weighted by molar-refractivity contribution is 7.90. The average Bonchev–Trinajstić information content (AvgIpc) is 3.29. The first-order valence-corrected chi connectivity index (χ1v) is 11.8. The average molecular weight is 436 g/mol. The van der Waals surface area contributed by atoms with Crippen LogP contribution >= 0.6 is 0 Å². The molecule has 10 heteroatoms. The zero-order valence-corrected chi connectivity index (χ0v) is 17.7. The minimum Gasteiger partial charge on any atom is -0.356 e. The molecular weight excluding hydrogens is 416 g/mol. The number of rotatable bonds is 4. The highest BCUT2D eigenvalue weighted by atomic mass is 32.2. The third kappa shape index (κ3) is 3.86. The first-order valence-electron chi connectivity index (χ1n) is 9.94. The van der Waals surface area contributed by atoms with Crippen LogP contribution in [0, 0.1) is 0 Å². The molecule has 9 nitrogen and oxygen atoms in total. The number of fused-ring (bicyclic) bond motifs is 1. The van der Waals surface area contributed by atoms with Gasteiger partial charge in [-0.2, -0.15) is 4.98 Å². The van der Waals surface area contributed by atoms with Gasteiger partial charge in [-0.25, -0.2) is 18.4 Å². The Morgan fingerprint density at radius 3 is 2.65 bits per heavy atom. The number of piperidine rings is 1. The normalized spacial score (nSPS) is 15.5. The molecule has 1 fully saturated rings. The number of sulfone groups is 1. The smallest absolute Gasteiger partial charge is 0.230 e. The molecule has 0 unspecified atom stereocenters. The van der Waals surface area contributed by atoms with Crippen LogP contribution < -0.4 is 4.90 Å². The van der Waals surface area contributed by atoms with E-state index < -0.39 is 9.84 Å². The summed E-state index contributed by atoms with van der Waals surface area (Å²) in [6.07, 6.45) is 6.06. The zero-order valence-electron chi connectivity index (χ0n) is 16.8. The second-order valence-electron chi connectivity index (χ2n) is 7.58. The Bertz CT molecular complexity index is 1330. The van der Waals surface area contributed by atoms with E-state index >= 15 is 0 Å². The molecule has 158 valence electrons. The van der Waals surface area contributed by atoms with Crippen molar-refractivity contribution >= 4 is 26.6 Å². The van der Waals surface area contributed by atoms with Gasteiger partial charge in [-0.15, -0.1) is 0 Å². The van der Waals surface area contributed by atoms with Crippen LogP contribution in [0.1, 0.15) is 24.7 Å². The lowest BCUT2D eigenvalue weighted by Crippen LogP contribution is -2.33. The number of benzene rings is 1. The minimum absolute atomic E-state index is 0.154. The van der Waals surface area contributed by atoms with Crippen molar-refractivity contribution < 1.29 is 12.9 Å². The van der Waals surface area contributed by atoms with Gasteiger partial charge in [0.1, 0.15) is 17.8 Å². The van der Waals surface area contributed by atoms with Gasteiger partial charge < -0.3 is 9.42 Å². The number of aromatic nitrogens is 5. The van der Waals surface area contributed by atoms with E-state index in [-0.39, 0.29) is 10.8 Å². The molecular formula is C21H20N6O3S. The van der Waals surface area contributed by atoms with E-state index in [1.54, 1.807) is 24.4 Å². The predicted octanol–water partition coefficient (Wildman–Crippen LogP) is 2.86. The zero-order chi connectivity index (χ0) is 21.4. The van der Waals surface area contributed by atoms with Crippen molar-refractivity contribution in [2.75, 3.05) is 24.2 Å². The maximum absolute atomic E-state index is 12.0. The summed E-state index contributed by atoms with van der Waals surface area (Å²) in [7, 11) is -3.31. The summed E-state index contributed by atoms with van der Waals surface area (Å²) in [5.74, 6) is 2.01. The van der Waals surface area contributed by atoms with Gasteiger partial charge in [0.05, 0.1) is 10.4 Å². The lowest BCUT2D eigenvalue weighted by molar-refractivity contribution is 0.329. The largest absolute Gasteiger partial charge is 0.356 e. The molecule has 5 rings (SSSR count). The van der Waals surface area contributed by atoms with E-state index in [1.165, 1.54) is 12.6 Å². The summed E-state index contributed by atoms with van der Waals surface area (Å²) in [5.41, 5.74) is 1.40.